The van der Waals surface area contributed by atoms with Gasteiger partial charge in [0.05, 0.1) is 17.4 Å². The summed E-state index contributed by atoms with van der Waals surface area (Å²) in [7, 11) is 0. The zero-order valence-corrected chi connectivity index (χ0v) is 8.23. The molecular formula is C11H9NS. The van der Waals surface area contributed by atoms with E-state index in [1.165, 1.54) is 0 Å². The van der Waals surface area contributed by atoms with Gasteiger partial charge in [-0.2, -0.15) is 17.9 Å². The van der Waals surface area contributed by atoms with Crippen molar-refractivity contribution >= 4 is 12.6 Å². The van der Waals surface area contributed by atoms with Crippen molar-refractivity contribution in [2.75, 3.05) is 5.75 Å². The van der Waals surface area contributed by atoms with Crippen LogP contribution in [0.3, 0.4) is 0 Å². The van der Waals surface area contributed by atoms with Gasteiger partial charge in [-0.05, 0) is 24.6 Å². The highest BCUT2D eigenvalue weighted by Gasteiger charge is 1.99. The molecule has 0 aliphatic heterocycles. The van der Waals surface area contributed by atoms with Gasteiger partial charge >= 0.3 is 0 Å². The fourth-order valence-electron chi connectivity index (χ4n) is 1.03. The van der Waals surface area contributed by atoms with Gasteiger partial charge in [0, 0.05) is 5.56 Å². The first-order valence-electron chi connectivity index (χ1n) is 3.89. The minimum absolute atomic E-state index is 0.538. The molecule has 64 valence electrons. The summed E-state index contributed by atoms with van der Waals surface area (Å²) in [6.45, 7) is 1.90. The zero-order valence-electron chi connectivity index (χ0n) is 7.33. The first kappa shape index (κ1) is 9.71. The maximum Gasteiger partial charge on any atom is 0.0994 e. The average Bonchev–Trinajstić information content (AvgIpc) is 2.16. The topological polar surface area (TPSA) is 23.8 Å². The molecule has 1 aromatic carbocycles. The molecule has 0 radical (unpaired) electrons. The molecule has 0 saturated heterocycles. The number of rotatable bonds is 0. The lowest BCUT2D eigenvalue weighted by molar-refractivity contribution is 1.37. The fraction of sp³-hybridized carbons (Fsp3) is 0.182. The Labute approximate surface area is 83.8 Å². The van der Waals surface area contributed by atoms with Crippen LogP contribution < -0.4 is 0 Å². The summed E-state index contributed by atoms with van der Waals surface area (Å²) in [5, 5.41) is 8.76. The Balaban J connectivity index is 3.18. The van der Waals surface area contributed by atoms with Crippen LogP contribution in [0, 0.1) is 30.1 Å². The predicted octanol–water partition coefficient (Wildman–Crippen LogP) is 2.15. The van der Waals surface area contributed by atoms with Crippen LogP contribution in [-0.4, -0.2) is 5.75 Å². The van der Waals surface area contributed by atoms with E-state index in [1.54, 1.807) is 6.07 Å². The molecule has 0 aliphatic rings. The van der Waals surface area contributed by atoms with Crippen LogP contribution in [0.2, 0.25) is 0 Å². The second-order valence-corrected chi connectivity index (χ2v) is 2.87. The highest BCUT2D eigenvalue weighted by atomic mass is 32.1. The van der Waals surface area contributed by atoms with Crippen molar-refractivity contribution in [3.8, 4) is 17.9 Å². The molecule has 1 nitrogen and oxygen atoms in total. The zero-order chi connectivity index (χ0) is 9.68. The highest BCUT2D eigenvalue weighted by molar-refractivity contribution is 7.80. The summed E-state index contributed by atoms with van der Waals surface area (Å²) in [6, 6.07) is 7.67. The summed E-state index contributed by atoms with van der Waals surface area (Å²) >= 11 is 4.00. The van der Waals surface area contributed by atoms with Crippen LogP contribution in [0.25, 0.3) is 0 Å². The quantitative estimate of drug-likeness (QED) is 0.488. The van der Waals surface area contributed by atoms with E-state index in [0.29, 0.717) is 11.3 Å². The lowest BCUT2D eigenvalue weighted by Crippen LogP contribution is -1.86. The van der Waals surface area contributed by atoms with Crippen molar-refractivity contribution in [2.24, 2.45) is 0 Å². The second-order valence-electron chi connectivity index (χ2n) is 2.55. The Morgan fingerprint density at radius 3 is 2.69 bits per heavy atom. The lowest BCUT2D eigenvalue weighted by atomic mass is 10.0. The number of thiol groups is 1. The largest absolute Gasteiger partial charge is 0.192 e. The molecule has 0 bridgehead atoms. The third-order valence-corrected chi connectivity index (χ3v) is 1.91. The van der Waals surface area contributed by atoms with Crippen molar-refractivity contribution in [3.63, 3.8) is 0 Å². The summed E-state index contributed by atoms with van der Waals surface area (Å²) in [4.78, 5) is 0. The molecule has 0 heterocycles. The Hall–Kier alpha value is -1.38. The van der Waals surface area contributed by atoms with Gasteiger partial charge in [-0.15, -0.1) is 0 Å². The van der Waals surface area contributed by atoms with Gasteiger partial charge in [-0.3, -0.25) is 0 Å². The average molecular weight is 187 g/mol. The predicted molar refractivity (Wildman–Crippen MR) is 56.6 cm³/mol. The summed E-state index contributed by atoms with van der Waals surface area (Å²) in [5.74, 6) is 6.36. The van der Waals surface area contributed by atoms with Gasteiger partial charge in [0.2, 0.25) is 0 Å². The Kier molecular flexibility index (Phi) is 3.43. The number of nitriles is 1. The van der Waals surface area contributed by atoms with E-state index in [1.807, 2.05) is 19.1 Å². The maximum absolute atomic E-state index is 8.76. The van der Waals surface area contributed by atoms with Gasteiger partial charge in [0.15, 0.2) is 0 Å². The summed E-state index contributed by atoms with van der Waals surface area (Å²) in [5.41, 5.74) is 2.54. The van der Waals surface area contributed by atoms with Gasteiger partial charge < -0.3 is 0 Å². The Bertz CT molecular complexity index is 404. The van der Waals surface area contributed by atoms with Crippen LogP contribution in [0.15, 0.2) is 18.2 Å². The van der Waals surface area contributed by atoms with Crippen LogP contribution in [-0.2, 0) is 0 Å². The van der Waals surface area contributed by atoms with Crippen molar-refractivity contribution in [3.05, 3.63) is 34.9 Å². The van der Waals surface area contributed by atoms with Crippen molar-refractivity contribution < 1.29 is 0 Å². The van der Waals surface area contributed by atoms with Crippen molar-refractivity contribution in [1.29, 1.82) is 5.26 Å². The fourth-order valence-corrected chi connectivity index (χ4v) is 1.11. The van der Waals surface area contributed by atoms with E-state index in [0.717, 1.165) is 11.1 Å². The molecule has 1 rings (SSSR count). The first-order valence-corrected chi connectivity index (χ1v) is 4.52. The van der Waals surface area contributed by atoms with Crippen LogP contribution >= 0.6 is 12.6 Å². The molecule has 13 heavy (non-hydrogen) atoms. The lowest BCUT2D eigenvalue weighted by Gasteiger charge is -1.98. The summed E-state index contributed by atoms with van der Waals surface area (Å²) in [6.07, 6.45) is 0. The van der Waals surface area contributed by atoms with E-state index < -0.39 is 0 Å². The minimum Gasteiger partial charge on any atom is -0.192 e. The van der Waals surface area contributed by atoms with Gasteiger partial charge in [-0.25, -0.2) is 0 Å². The molecule has 1 aromatic rings. The SMILES string of the molecule is Cc1c(C#N)cccc1C#CCS. The molecule has 0 unspecified atom stereocenters. The highest BCUT2D eigenvalue weighted by Crippen LogP contribution is 2.11. The van der Waals surface area contributed by atoms with E-state index in [-0.39, 0.29) is 0 Å². The Morgan fingerprint density at radius 1 is 1.38 bits per heavy atom. The third kappa shape index (κ3) is 2.28. The first-order chi connectivity index (χ1) is 6.29. The molecule has 0 aromatic heterocycles. The van der Waals surface area contributed by atoms with Gasteiger partial charge in [0.1, 0.15) is 0 Å². The summed E-state index contributed by atoms with van der Waals surface area (Å²) < 4.78 is 0. The standard InChI is InChI=1S/C11H9NS/c1-9-10(6-3-7-13)4-2-5-11(9)8-12/h2,4-5,13H,7H2,1H3. The number of benzene rings is 1. The molecule has 0 N–H and O–H groups in total. The van der Waals surface area contributed by atoms with Gasteiger partial charge in [0.25, 0.3) is 0 Å². The number of nitrogens with zero attached hydrogens (tertiary/aromatic N) is 1. The van der Waals surface area contributed by atoms with Crippen LogP contribution in [0.5, 0.6) is 0 Å². The van der Waals surface area contributed by atoms with Crippen molar-refractivity contribution in [1.82, 2.24) is 0 Å². The number of hydrogen-bond donors (Lipinski definition) is 1. The second kappa shape index (κ2) is 4.60. The molecule has 0 spiro atoms. The van der Waals surface area contributed by atoms with E-state index in [2.05, 4.69) is 30.5 Å². The van der Waals surface area contributed by atoms with E-state index in [4.69, 9.17) is 5.26 Å². The number of hydrogen-bond acceptors (Lipinski definition) is 2. The minimum atomic E-state index is 0.538. The van der Waals surface area contributed by atoms with E-state index >= 15 is 0 Å². The molecular weight excluding hydrogens is 178 g/mol. The van der Waals surface area contributed by atoms with Gasteiger partial charge in [-0.1, -0.05) is 17.9 Å². The molecule has 0 amide bonds. The molecule has 0 saturated carbocycles. The molecule has 2 heteroatoms. The normalized spacial score (nSPS) is 8.38. The van der Waals surface area contributed by atoms with Crippen LogP contribution in [0.4, 0.5) is 0 Å². The smallest absolute Gasteiger partial charge is 0.0994 e. The Morgan fingerprint density at radius 2 is 2.08 bits per heavy atom. The van der Waals surface area contributed by atoms with Crippen molar-refractivity contribution in [2.45, 2.75) is 6.92 Å². The van der Waals surface area contributed by atoms with E-state index in [9.17, 15) is 0 Å². The molecule has 0 aliphatic carbocycles. The van der Waals surface area contributed by atoms with Crippen LogP contribution in [0.1, 0.15) is 16.7 Å². The molecule has 0 atom stereocenters. The third-order valence-electron chi connectivity index (χ3n) is 1.76. The maximum atomic E-state index is 8.76. The monoisotopic (exact) mass is 187 g/mol. The molecule has 0 fully saturated rings.